The second-order valence-electron chi connectivity index (χ2n) is 6.74. The van der Waals surface area contributed by atoms with E-state index in [0.29, 0.717) is 28.6 Å². The highest BCUT2D eigenvalue weighted by Gasteiger charge is 2.11. The van der Waals surface area contributed by atoms with Crippen LogP contribution < -0.4 is 15.6 Å². The SMILES string of the molecule is O=C(Cc1csc(-c2cccs2)n1)NNC(=O)c1ccc(COc2ccc(Cl)cc2)cc1. The zero-order valence-corrected chi connectivity index (χ0v) is 19.1. The Morgan fingerprint density at radius 2 is 1.75 bits per heavy atom. The number of hydrazine groups is 1. The number of amides is 2. The highest BCUT2D eigenvalue weighted by molar-refractivity contribution is 7.20. The Labute approximate surface area is 197 Å². The van der Waals surface area contributed by atoms with Gasteiger partial charge >= 0.3 is 0 Å². The Morgan fingerprint density at radius 3 is 2.47 bits per heavy atom. The normalized spacial score (nSPS) is 10.5. The Balaban J connectivity index is 1.23. The lowest BCUT2D eigenvalue weighted by molar-refractivity contribution is -0.121. The molecular formula is C23H18ClN3O3S2. The zero-order chi connectivity index (χ0) is 22.3. The van der Waals surface area contributed by atoms with E-state index in [-0.39, 0.29) is 12.3 Å². The number of hydrogen-bond acceptors (Lipinski definition) is 6. The van der Waals surface area contributed by atoms with E-state index in [1.165, 1.54) is 11.3 Å². The van der Waals surface area contributed by atoms with E-state index < -0.39 is 5.91 Å². The Kier molecular flexibility index (Phi) is 7.16. The molecule has 0 bridgehead atoms. The largest absolute Gasteiger partial charge is 0.489 e. The third-order valence-electron chi connectivity index (χ3n) is 4.38. The number of nitrogens with one attached hydrogen (secondary N) is 2. The Morgan fingerprint density at radius 1 is 0.969 bits per heavy atom. The van der Waals surface area contributed by atoms with Gasteiger partial charge in [-0.1, -0.05) is 29.8 Å². The molecule has 162 valence electrons. The van der Waals surface area contributed by atoms with Crippen LogP contribution in [-0.2, 0) is 17.8 Å². The second kappa shape index (κ2) is 10.4. The van der Waals surface area contributed by atoms with Crippen molar-refractivity contribution in [1.82, 2.24) is 15.8 Å². The minimum atomic E-state index is -0.402. The summed E-state index contributed by atoms with van der Waals surface area (Å²) in [6.45, 7) is 0.362. The van der Waals surface area contributed by atoms with Crippen molar-refractivity contribution >= 4 is 46.1 Å². The number of carbonyl (C=O) groups excluding carboxylic acids is 2. The van der Waals surface area contributed by atoms with Crippen LogP contribution in [0.15, 0.2) is 71.4 Å². The molecule has 0 unspecified atom stereocenters. The Hall–Kier alpha value is -3.20. The van der Waals surface area contributed by atoms with Crippen molar-refractivity contribution < 1.29 is 14.3 Å². The number of hydrogen-bond donors (Lipinski definition) is 2. The van der Waals surface area contributed by atoms with Crippen molar-refractivity contribution in [2.45, 2.75) is 13.0 Å². The minimum Gasteiger partial charge on any atom is -0.489 e. The average molecular weight is 484 g/mol. The predicted molar refractivity (Wildman–Crippen MR) is 127 cm³/mol. The van der Waals surface area contributed by atoms with Crippen molar-refractivity contribution in [1.29, 1.82) is 0 Å². The molecule has 0 fully saturated rings. The monoisotopic (exact) mass is 483 g/mol. The lowest BCUT2D eigenvalue weighted by Crippen LogP contribution is -2.42. The van der Waals surface area contributed by atoms with Gasteiger partial charge < -0.3 is 4.74 Å². The lowest BCUT2D eigenvalue weighted by atomic mass is 10.1. The fourth-order valence-corrected chi connectivity index (χ4v) is 4.52. The summed E-state index contributed by atoms with van der Waals surface area (Å²) in [7, 11) is 0. The molecule has 2 N–H and O–H groups in total. The van der Waals surface area contributed by atoms with Gasteiger partial charge in [-0.2, -0.15) is 0 Å². The van der Waals surface area contributed by atoms with Gasteiger partial charge in [0.05, 0.1) is 17.0 Å². The number of ether oxygens (including phenoxy) is 1. The smallest absolute Gasteiger partial charge is 0.269 e. The highest BCUT2D eigenvalue weighted by atomic mass is 35.5. The van der Waals surface area contributed by atoms with Crippen LogP contribution in [0.5, 0.6) is 5.75 Å². The number of rotatable bonds is 7. The molecule has 32 heavy (non-hydrogen) atoms. The number of thiazole rings is 1. The molecular weight excluding hydrogens is 466 g/mol. The third-order valence-corrected chi connectivity index (χ3v) is 6.56. The van der Waals surface area contributed by atoms with Gasteiger partial charge in [0, 0.05) is 16.0 Å². The second-order valence-corrected chi connectivity index (χ2v) is 8.98. The van der Waals surface area contributed by atoms with Crippen LogP contribution in [0, 0.1) is 0 Å². The van der Waals surface area contributed by atoms with Crippen LogP contribution in [0.1, 0.15) is 21.6 Å². The topological polar surface area (TPSA) is 80.3 Å². The number of halogens is 1. The van der Waals surface area contributed by atoms with Crippen LogP contribution in [0.3, 0.4) is 0 Å². The van der Waals surface area contributed by atoms with Crippen LogP contribution in [0.2, 0.25) is 5.02 Å². The van der Waals surface area contributed by atoms with Crippen LogP contribution in [0.4, 0.5) is 0 Å². The first kappa shape index (κ1) is 22.0. The number of thiophene rings is 1. The van der Waals surface area contributed by atoms with Crippen molar-refractivity contribution in [2.24, 2.45) is 0 Å². The van der Waals surface area contributed by atoms with Gasteiger partial charge in [-0.15, -0.1) is 22.7 Å². The van der Waals surface area contributed by atoms with Gasteiger partial charge in [0.25, 0.3) is 5.91 Å². The van der Waals surface area contributed by atoms with Crippen LogP contribution in [0.25, 0.3) is 9.88 Å². The molecule has 2 heterocycles. The summed E-state index contributed by atoms with van der Waals surface area (Å²) < 4.78 is 5.69. The average Bonchev–Trinajstić information content (AvgIpc) is 3.50. The zero-order valence-electron chi connectivity index (χ0n) is 16.7. The van der Waals surface area contributed by atoms with Crippen molar-refractivity contribution in [3.63, 3.8) is 0 Å². The summed E-state index contributed by atoms with van der Waals surface area (Å²) in [5.74, 6) is -0.0306. The summed E-state index contributed by atoms with van der Waals surface area (Å²) in [5.41, 5.74) is 6.86. The molecule has 4 rings (SSSR count). The maximum Gasteiger partial charge on any atom is 0.269 e. The van der Waals surface area contributed by atoms with Crippen LogP contribution in [-0.4, -0.2) is 16.8 Å². The van der Waals surface area contributed by atoms with E-state index in [4.69, 9.17) is 16.3 Å². The molecule has 9 heteroatoms. The predicted octanol–water partition coefficient (Wildman–Crippen LogP) is 5.11. The summed E-state index contributed by atoms with van der Waals surface area (Å²) in [5, 5.41) is 5.36. The summed E-state index contributed by atoms with van der Waals surface area (Å²) in [4.78, 5) is 30.0. The summed E-state index contributed by atoms with van der Waals surface area (Å²) in [6.07, 6.45) is 0.0864. The fraction of sp³-hybridized carbons (Fsp3) is 0.0870. The van der Waals surface area contributed by atoms with Gasteiger partial charge in [0.15, 0.2) is 0 Å². The number of aromatic nitrogens is 1. The molecule has 0 radical (unpaired) electrons. The first-order valence-corrected chi connectivity index (χ1v) is 11.8. The summed E-state index contributed by atoms with van der Waals surface area (Å²) >= 11 is 8.95. The highest BCUT2D eigenvalue weighted by Crippen LogP contribution is 2.27. The molecule has 0 atom stereocenters. The van der Waals surface area contributed by atoms with Crippen LogP contribution >= 0.6 is 34.3 Å². The van der Waals surface area contributed by atoms with Gasteiger partial charge in [0.1, 0.15) is 17.4 Å². The number of nitrogens with zero attached hydrogens (tertiary/aromatic N) is 1. The van der Waals surface area contributed by atoms with Crippen molar-refractivity contribution in [3.8, 4) is 15.6 Å². The quantitative estimate of drug-likeness (QED) is 0.358. The molecule has 0 spiro atoms. The minimum absolute atomic E-state index is 0.0864. The molecule has 0 aliphatic rings. The molecule has 4 aromatic rings. The molecule has 0 aliphatic heterocycles. The maximum atomic E-state index is 12.3. The van der Waals surface area contributed by atoms with E-state index in [1.807, 2.05) is 22.9 Å². The van der Waals surface area contributed by atoms with Gasteiger partial charge in [0.2, 0.25) is 5.91 Å². The van der Waals surface area contributed by atoms with E-state index in [1.54, 1.807) is 59.9 Å². The standard InChI is InChI=1S/C23H18ClN3O3S2/c24-17-7-9-19(10-8-17)30-13-15-3-5-16(6-4-15)22(29)27-26-21(28)12-18-14-32-23(25-18)20-2-1-11-31-20/h1-11,14H,12-13H2,(H,26,28)(H,27,29). The number of benzene rings is 2. The van der Waals surface area contributed by atoms with E-state index in [0.717, 1.165) is 15.4 Å². The maximum absolute atomic E-state index is 12.3. The molecule has 2 amide bonds. The van der Waals surface area contributed by atoms with Gasteiger partial charge in [-0.25, -0.2) is 4.98 Å². The molecule has 0 saturated carbocycles. The molecule has 2 aromatic heterocycles. The molecule has 0 saturated heterocycles. The van der Waals surface area contributed by atoms with E-state index >= 15 is 0 Å². The van der Waals surface area contributed by atoms with E-state index in [9.17, 15) is 9.59 Å². The van der Waals surface area contributed by atoms with Gasteiger partial charge in [-0.05, 0) is 53.4 Å². The lowest BCUT2D eigenvalue weighted by Gasteiger charge is -2.09. The third kappa shape index (κ3) is 5.94. The van der Waals surface area contributed by atoms with Crippen molar-refractivity contribution in [2.75, 3.05) is 0 Å². The molecule has 2 aromatic carbocycles. The van der Waals surface area contributed by atoms with Gasteiger partial charge in [-0.3, -0.25) is 20.4 Å². The fourth-order valence-electron chi connectivity index (χ4n) is 2.76. The number of carbonyl (C=O) groups is 2. The van der Waals surface area contributed by atoms with Crippen molar-refractivity contribution in [3.05, 3.63) is 93.3 Å². The Bertz CT molecular complexity index is 1190. The first-order valence-electron chi connectivity index (χ1n) is 9.61. The summed E-state index contributed by atoms with van der Waals surface area (Å²) in [6, 6.07) is 18.0. The molecule has 6 nitrogen and oxygen atoms in total. The molecule has 0 aliphatic carbocycles. The van der Waals surface area contributed by atoms with E-state index in [2.05, 4.69) is 15.8 Å². The first-order chi connectivity index (χ1) is 15.6.